The molecule has 3 rings (SSSR count). The third-order valence-electron chi connectivity index (χ3n) is 4.72. The van der Waals surface area contributed by atoms with Crippen LogP contribution in [0.1, 0.15) is 34.5 Å². The Balaban J connectivity index is 2.28. The van der Waals surface area contributed by atoms with Crippen LogP contribution in [-0.4, -0.2) is 18.8 Å². The first kappa shape index (κ1) is 22.4. The van der Waals surface area contributed by atoms with Crippen molar-refractivity contribution >= 4 is 16.7 Å². The van der Waals surface area contributed by atoms with E-state index in [1.165, 1.54) is 26.1 Å². The number of pyridine rings is 1. The van der Waals surface area contributed by atoms with Gasteiger partial charge < -0.3 is 4.57 Å². The van der Waals surface area contributed by atoms with Crippen LogP contribution < -0.4 is 10.3 Å². The van der Waals surface area contributed by atoms with Gasteiger partial charge in [-0.2, -0.15) is 0 Å². The molecular weight excluding hydrogens is 433 g/mol. The number of nitrogens with zero attached hydrogens (tertiary/aromatic N) is 1. The van der Waals surface area contributed by atoms with Gasteiger partial charge in [-0.1, -0.05) is 0 Å². The Morgan fingerprint density at radius 3 is 2.26 bits per heavy atom. The lowest BCUT2D eigenvalue weighted by atomic mass is 9.91. The number of thiol groups is 1. The fourth-order valence-corrected chi connectivity index (χ4v) is 3.58. The van der Waals surface area contributed by atoms with Crippen LogP contribution in [0.25, 0.3) is 11.1 Å². The molecule has 0 saturated heterocycles. The highest BCUT2D eigenvalue weighted by molar-refractivity contribution is 7.70. The van der Waals surface area contributed by atoms with E-state index in [0.29, 0.717) is 0 Å². The number of rotatable bonds is 6. The summed E-state index contributed by atoms with van der Waals surface area (Å²) in [6.07, 6.45) is 1.16. The molecule has 0 bridgehead atoms. The molecular formula is C21H17F3N2O4S. The van der Waals surface area contributed by atoms with E-state index in [-0.39, 0.29) is 27.8 Å². The van der Waals surface area contributed by atoms with Crippen molar-refractivity contribution in [3.05, 3.63) is 93.2 Å². The second-order valence-electron chi connectivity index (χ2n) is 6.85. The normalized spacial score (nSPS) is 12.2. The Morgan fingerprint density at radius 2 is 1.65 bits per heavy atom. The molecule has 1 aromatic heterocycles. The van der Waals surface area contributed by atoms with Gasteiger partial charge in [0.25, 0.3) is 5.56 Å². The fourth-order valence-electron chi connectivity index (χ4n) is 3.12. The number of nitrogens with one attached hydrogen (secondary N) is 1. The van der Waals surface area contributed by atoms with Crippen molar-refractivity contribution in [1.82, 2.24) is 9.29 Å². The molecule has 0 amide bonds. The summed E-state index contributed by atoms with van der Waals surface area (Å²) >= 11 is 0. The van der Waals surface area contributed by atoms with Gasteiger partial charge in [0.1, 0.15) is 17.5 Å². The average molecular weight is 450 g/mol. The first-order chi connectivity index (χ1) is 14.6. The highest BCUT2D eigenvalue weighted by Gasteiger charge is 2.23. The summed E-state index contributed by atoms with van der Waals surface area (Å²) in [5, 5.41) is 0. The summed E-state index contributed by atoms with van der Waals surface area (Å²) in [6, 6.07) is 6.27. The molecule has 0 radical (unpaired) electrons. The van der Waals surface area contributed by atoms with E-state index in [1.54, 1.807) is 0 Å². The quantitative estimate of drug-likeness (QED) is 0.447. The maximum absolute atomic E-state index is 14.8. The highest BCUT2D eigenvalue weighted by atomic mass is 32.2. The number of carbonyl (C=O) groups excluding carboxylic acids is 1. The van der Waals surface area contributed by atoms with Gasteiger partial charge in [-0.15, -0.1) is 0 Å². The molecule has 31 heavy (non-hydrogen) atoms. The summed E-state index contributed by atoms with van der Waals surface area (Å²) in [4.78, 5) is 24.8. The molecule has 0 saturated carbocycles. The topological polar surface area (TPSA) is 85.2 Å². The number of carbonyl (C=O) groups is 1. The van der Waals surface area contributed by atoms with Gasteiger partial charge in [0.05, 0.1) is 0 Å². The lowest BCUT2D eigenvalue weighted by molar-refractivity contribution is 0.103. The highest BCUT2D eigenvalue weighted by Crippen LogP contribution is 2.32. The molecule has 1 unspecified atom stereocenters. The lowest BCUT2D eigenvalue weighted by Gasteiger charge is -2.17. The van der Waals surface area contributed by atoms with Crippen LogP contribution in [0.4, 0.5) is 13.2 Å². The van der Waals surface area contributed by atoms with Crippen molar-refractivity contribution in [2.45, 2.75) is 13.0 Å². The van der Waals surface area contributed by atoms with E-state index in [2.05, 4.69) is 4.72 Å². The van der Waals surface area contributed by atoms with Crippen LogP contribution >= 0.6 is 0 Å². The second kappa shape index (κ2) is 8.86. The molecule has 0 aliphatic rings. The van der Waals surface area contributed by atoms with Gasteiger partial charge >= 0.3 is 0 Å². The van der Waals surface area contributed by atoms with Crippen molar-refractivity contribution in [3.63, 3.8) is 0 Å². The number of aromatic nitrogens is 1. The van der Waals surface area contributed by atoms with E-state index in [9.17, 15) is 31.2 Å². The molecule has 1 N–H and O–H groups in total. The predicted octanol–water partition coefficient (Wildman–Crippen LogP) is 2.88. The van der Waals surface area contributed by atoms with Gasteiger partial charge in [0.2, 0.25) is 10.9 Å². The average Bonchev–Trinajstić information content (AvgIpc) is 2.70. The van der Waals surface area contributed by atoms with Gasteiger partial charge in [-0.05, 0) is 48.9 Å². The minimum atomic E-state index is -3.05. The number of hydrogen-bond donors (Lipinski definition) is 2. The molecule has 1 heterocycles. The van der Waals surface area contributed by atoms with Crippen LogP contribution in [0.5, 0.6) is 0 Å². The molecule has 0 spiro atoms. The molecule has 10 heteroatoms. The molecule has 2 aromatic carbocycles. The standard InChI is InChI=1S/C21H17F3N2O4S/c1-11(25-31(29)30)14-7-15(17-10-26(2)20(27)9-19(17)24)16(8-18(14)23)21(28)12-3-5-13(22)6-4-12/h3-11,31H,1-2H3,(H,25,29,30). The summed E-state index contributed by atoms with van der Waals surface area (Å²) in [6.45, 7) is 1.38. The first-order valence-electron chi connectivity index (χ1n) is 8.99. The van der Waals surface area contributed by atoms with E-state index in [4.69, 9.17) is 0 Å². The molecule has 0 aliphatic carbocycles. The molecule has 3 aromatic rings. The number of benzene rings is 2. The van der Waals surface area contributed by atoms with Crippen LogP contribution in [0.2, 0.25) is 0 Å². The molecule has 6 nitrogen and oxygen atoms in total. The van der Waals surface area contributed by atoms with Crippen LogP contribution in [0.15, 0.2) is 53.5 Å². The van der Waals surface area contributed by atoms with E-state index in [1.807, 2.05) is 0 Å². The van der Waals surface area contributed by atoms with Crippen molar-refractivity contribution in [3.8, 4) is 11.1 Å². The third kappa shape index (κ3) is 4.75. The molecule has 1 atom stereocenters. The minimum Gasteiger partial charge on any atom is -0.318 e. The summed E-state index contributed by atoms with van der Waals surface area (Å²) in [5.41, 5.74) is -1.16. The Bertz CT molecular complexity index is 1290. The van der Waals surface area contributed by atoms with Gasteiger partial charge in [0.15, 0.2) is 5.78 Å². The predicted molar refractivity (Wildman–Crippen MR) is 109 cm³/mol. The fraction of sp³-hybridized carbons (Fsp3) is 0.143. The van der Waals surface area contributed by atoms with Crippen molar-refractivity contribution in [1.29, 1.82) is 0 Å². The smallest absolute Gasteiger partial charge is 0.253 e. The zero-order chi connectivity index (χ0) is 22.9. The number of hydrogen-bond acceptors (Lipinski definition) is 4. The Labute approximate surface area is 177 Å². The van der Waals surface area contributed by atoms with Crippen molar-refractivity contribution in [2.24, 2.45) is 7.05 Å². The Hall–Kier alpha value is -3.24. The Morgan fingerprint density at radius 1 is 1.00 bits per heavy atom. The Kier molecular flexibility index (Phi) is 6.42. The maximum atomic E-state index is 14.8. The van der Waals surface area contributed by atoms with Gasteiger partial charge in [0, 0.05) is 47.6 Å². The van der Waals surface area contributed by atoms with E-state index < -0.39 is 45.7 Å². The van der Waals surface area contributed by atoms with Crippen LogP contribution in [0.3, 0.4) is 0 Å². The third-order valence-corrected chi connectivity index (χ3v) is 5.32. The molecule has 0 fully saturated rings. The van der Waals surface area contributed by atoms with Crippen molar-refractivity contribution < 1.29 is 26.4 Å². The summed E-state index contributed by atoms with van der Waals surface area (Å²) < 4.78 is 68.0. The van der Waals surface area contributed by atoms with Gasteiger partial charge in [-0.25, -0.2) is 26.3 Å². The monoisotopic (exact) mass is 450 g/mol. The number of ketones is 1. The largest absolute Gasteiger partial charge is 0.318 e. The van der Waals surface area contributed by atoms with Gasteiger partial charge in [-0.3, -0.25) is 9.59 Å². The minimum absolute atomic E-state index is 0.0360. The number of aryl methyl sites for hydroxylation is 1. The van der Waals surface area contributed by atoms with Crippen molar-refractivity contribution in [2.75, 3.05) is 0 Å². The SMILES string of the molecule is CC(N[SH](=O)=O)c1cc(-c2cn(C)c(=O)cc2F)c(C(=O)c2ccc(F)cc2)cc1F. The molecule has 162 valence electrons. The van der Waals surface area contributed by atoms with Crippen LogP contribution in [-0.2, 0) is 17.9 Å². The zero-order valence-electron chi connectivity index (χ0n) is 16.4. The van der Waals surface area contributed by atoms with E-state index >= 15 is 0 Å². The number of halogens is 3. The first-order valence-corrected chi connectivity index (χ1v) is 10.2. The summed E-state index contributed by atoms with van der Waals surface area (Å²) in [7, 11) is -1.68. The second-order valence-corrected chi connectivity index (χ2v) is 7.62. The maximum Gasteiger partial charge on any atom is 0.253 e. The van der Waals surface area contributed by atoms with E-state index in [0.717, 1.165) is 41.1 Å². The zero-order valence-corrected chi connectivity index (χ0v) is 17.3. The summed E-state index contributed by atoms with van der Waals surface area (Å²) in [5.74, 6) is -3.11. The molecule has 0 aliphatic heterocycles. The van der Waals surface area contributed by atoms with Crippen LogP contribution in [0, 0.1) is 17.5 Å². The lowest BCUT2D eigenvalue weighted by Crippen LogP contribution is -2.19.